The summed E-state index contributed by atoms with van der Waals surface area (Å²) in [5, 5.41) is 1.40. The third kappa shape index (κ3) is 4.46. The first-order valence-corrected chi connectivity index (χ1v) is 11.5. The minimum Gasteiger partial charge on any atom is -0.423 e. The smallest absolute Gasteiger partial charge is 0.416 e. The van der Waals surface area contributed by atoms with E-state index in [2.05, 4.69) is 4.98 Å². The number of alkyl halides is 3. The third-order valence-corrected chi connectivity index (χ3v) is 6.59. The second-order valence-electron chi connectivity index (χ2n) is 8.05. The Balaban J connectivity index is 1.56. The summed E-state index contributed by atoms with van der Waals surface area (Å²) in [6.07, 6.45) is -4.44. The molecule has 0 bridgehead atoms. The van der Waals surface area contributed by atoms with Gasteiger partial charge in [0, 0.05) is 17.2 Å². The zero-order valence-electron chi connectivity index (χ0n) is 18.1. The fourth-order valence-electron chi connectivity index (χ4n) is 3.91. The van der Waals surface area contributed by atoms with Gasteiger partial charge in [-0.2, -0.15) is 13.2 Å². The predicted molar refractivity (Wildman–Crippen MR) is 127 cm³/mol. The van der Waals surface area contributed by atoms with Crippen LogP contribution in [0.1, 0.15) is 22.3 Å². The lowest BCUT2D eigenvalue weighted by molar-refractivity contribution is -0.137. The molecule has 0 radical (unpaired) electrons. The quantitative estimate of drug-likeness (QED) is 0.205. The van der Waals surface area contributed by atoms with E-state index in [9.17, 15) is 18.0 Å². The molecule has 0 N–H and O–H groups in total. The van der Waals surface area contributed by atoms with Crippen molar-refractivity contribution in [2.75, 3.05) is 0 Å². The summed E-state index contributed by atoms with van der Waals surface area (Å²) in [5.41, 5.74) is 3.00. The van der Waals surface area contributed by atoms with Gasteiger partial charge in [-0.3, -0.25) is 0 Å². The van der Waals surface area contributed by atoms with Crippen LogP contribution in [-0.4, -0.2) is 9.55 Å². The van der Waals surface area contributed by atoms with Crippen LogP contribution in [0.2, 0.25) is 0 Å². The molecular formula is C26H19F3N2O2S. The van der Waals surface area contributed by atoms with Gasteiger partial charge in [-0.15, -0.1) is 0 Å². The minimum absolute atomic E-state index is 0.279. The molecule has 0 amide bonds. The van der Waals surface area contributed by atoms with E-state index in [1.165, 1.54) is 23.9 Å². The Morgan fingerprint density at radius 3 is 2.56 bits per heavy atom. The molecule has 5 aromatic rings. The Kier molecular flexibility index (Phi) is 5.69. The molecule has 172 valence electrons. The van der Waals surface area contributed by atoms with E-state index in [0.717, 1.165) is 34.2 Å². The molecule has 4 nitrogen and oxygen atoms in total. The highest BCUT2D eigenvalue weighted by Gasteiger charge is 2.31. The van der Waals surface area contributed by atoms with Crippen LogP contribution in [0.3, 0.4) is 0 Å². The summed E-state index contributed by atoms with van der Waals surface area (Å²) in [6.45, 7) is 2.38. The van der Waals surface area contributed by atoms with E-state index < -0.39 is 17.4 Å². The number of benzene rings is 3. The summed E-state index contributed by atoms with van der Waals surface area (Å²) in [7, 11) is 0. The van der Waals surface area contributed by atoms with Crippen molar-refractivity contribution >= 4 is 33.8 Å². The summed E-state index contributed by atoms with van der Waals surface area (Å²) >= 11 is 1.38. The molecule has 5 rings (SSSR count). The molecule has 34 heavy (non-hydrogen) atoms. The predicted octanol–water partition coefficient (Wildman–Crippen LogP) is 6.81. The lowest BCUT2D eigenvalue weighted by Crippen LogP contribution is -2.05. The Hall–Kier alpha value is -3.52. The Bertz CT molecular complexity index is 1560. The molecule has 0 aliphatic heterocycles. The summed E-state index contributed by atoms with van der Waals surface area (Å²) in [6, 6.07) is 20.4. The van der Waals surface area contributed by atoms with Gasteiger partial charge in [0.15, 0.2) is 5.16 Å². The van der Waals surface area contributed by atoms with Gasteiger partial charge in [-0.05, 0) is 47.9 Å². The van der Waals surface area contributed by atoms with Crippen LogP contribution < -0.4 is 5.63 Å². The van der Waals surface area contributed by atoms with Crippen LogP contribution in [0, 0.1) is 6.92 Å². The van der Waals surface area contributed by atoms with E-state index >= 15 is 0 Å². The Morgan fingerprint density at radius 2 is 1.79 bits per heavy atom. The Morgan fingerprint density at radius 1 is 1.00 bits per heavy atom. The van der Waals surface area contributed by atoms with Crippen LogP contribution >= 0.6 is 11.8 Å². The number of fused-ring (bicyclic) bond motifs is 2. The number of rotatable bonds is 5. The van der Waals surface area contributed by atoms with Crippen molar-refractivity contribution < 1.29 is 17.6 Å². The van der Waals surface area contributed by atoms with Crippen molar-refractivity contribution in [3.63, 3.8) is 0 Å². The van der Waals surface area contributed by atoms with E-state index in [1.54, 1.807) is 0 Å². The number of aryl methyl sites for hydroxylation is 1. The maximum Gasteiger partial charge on any atom is 0.416 e. The summed E-state index contributed by atoms with van der Waals surface area (Å²) in [4.78, 5) is 16.6. The number of imidazole rings is 1. The van der Waals surface area contributed by atoms with Gasteiger partial charge in [-0.1, -0.05) is 54.2 Å². The number of halogens is 3. The highest BCUT2D eigenvalue weighted by Crippen LogP contribution is 2.34. The van der Waals surface area contributed by atoms with Crippen LogP contribution in [0.4, 0.5) is 13.2 Å². The van der Waals surface area contributed by atoms with Crippen molar-refractivity contribution in [1.82, 2.24) is 9.55 Å². The maximum absolute atomic E-state index is 13.3. The molecule has 0 fully saturated rings. The van der Waals surface area contributed by atoms with E-state index in [0.29, 0.717) is 28.6 Å². The van der Waals surface area contributed by atoms with Gasteiger partial charge in [0.25, 0.3) is 0 Å². The van der Waals surface area contributed by atoms with Gasteiger partial charge < -0.3 is 8.98 Å². The SMILES string of the molecule is Cc1ccc2c(CSc3nc4cc(C(F)(F)F)ccc4n3Cc3ccccc3)cc(=O)oc2c1. The molecule has 3 aromatic carbocycles. The van der Waals surface area contributed by atoms with E-state index in [4.69, 9.17) is 4.42 Å². The average Bonchev–Trinajstić information content (AvgIpc) is 3.13. The molecule has 0 saturated heterocycles. The van der Waals surface area contributed by atoms with E-state index in [-0.39, 0.29) is 5.52 Å². The molecule has 0 aliphatic carbocycles. The fraction of sp³-hybridized carbons (Fsp3) is 0.154. The normalized spacial score (nSPS) is 12.0. The first-order chi connectivity index (χ1) is 16.3. The molecule has 0 saturated carbocycles. The van der Waals surface area contributed by atoms with Crippen molar-refractivity contribution in [2.24, 2.45) is 0 Å². The zero-order chi connectivity index (χ0) is 23.9. The molecule has 8 heteroatoms. The topological polar surface area (TPSA) is 48.0 Å². The van der Waals surface area contributed by atoms with Crippen LogP contribution in [-0.2, 0) is 18.5 Å². The first-order valence-electron chi connectivity index (χ1n) is 10.6. The van der Waals surface area contributed by atoms with Gasteiger partial charge in [0.05, 0.1) is 23.1 Å². The average molecular weight is 481 g/mol. The minimum atomic E-state index is -4.44. The Labute approximate surface area is 197 Å². The van der Waals surface area contributed by atoms with Crippen molar-refractivity contribution in [3.05, 3.63) is 105 Å². The highest BCUT2D eigenvalue weighted by molar-refractivity contribution is 7.98. The molecule has 2 heterocycles. The summed E-state index contributed by atoms with van der Waals surface area (Å²) < 4.78 is 47.1. The largest absolute Gasteiger partial charge is 0.423 e. The monoisotopic (exact) mass is 480 g/mol. The maximum atomic E-state index is 13.3. The van der Waals surface area contributed by atoms with Crippen molar-refractivity contribution in [1.29, 1.82) is 0 Å². The molecule has 0 unspecified atom stereocenters. The molecule has 0 atom stereocenters. The van der Waals surface area contributed by atoms with Crippen molar-refractivity contribution in [2.45, 2.75) is 30.6 Å². The first kappa shape index (κ1) is 22.3. The molecule has 0 spiro atoms. The second-order valence-corrected chi connectivity index (χ2v) is 8.99. The highest BCUT2D eigenvalue weighted by atomic mass is 32.2. The number of aromatic nitrogens is 2. The van der Waals surface area contributed by atoms with Crippen LogP contribution in [0.25, 0.3) is 22.0 Å². The van der Waals surface area contributed by atoms with Gasteiger partial charge in [-0.25, -0.2) is 9.78 Å². The number of thioether (sulfide) groups is 1. The molecule has 0 aliphatic rings. The number of hydrogen-bond donors (Lipinski definition) is 0. The standard InChI is InChI=1S/C26H19F3N2O2S/c1-16-7-9-20-18(12-24(32)33-23(20)11-16)15-34-25-30-21-13-19(26(27,28)29)8-10-22(21)31(25)14-17-5-3-2-4-6-17/h2-13H,14-15H2,1H3. The van der Waals surface area contributed by atoms with Crippen molar-refractivity contribution in [3.8, 4) is 0 Å². The lowest BCUT2D eigenvalue weighted by atomic mass is 10.1. The van der Waals surface area contributed by atoms with E-state index in [1.807, 2.05) is 60.0 Å². The zero-order valence-corrected chi connectivity index (χ0v) is 18.9. The van der Waals surface area contributed by atoms with Crippen LogP contribution in [0.15, 0.2) is 87.2 Å². The molecule has 2 aromatic heterocycles. The second kappa shape index (κ2) is 8.68. The van der Waals surface area contributed by atoms with Gasteiger partial charge in [0.2, 0.25) is 0 Å². The summed E-state index contributed by atoms with van der Waals surface area (Å²) in [5.74, 6) is 0.412. The number of nitrogens with zero attached hydrogens (tertiary/aromatic N) is 2. The van der Waals surface area contributed by atoms with Crippen LogP contribution in [0.5, 0.6) is 0 Å². The van der Waals surface area contributed by atoms with Gasteiger partial charge in [0.1, 0.15) is 5.58 Å². The third-order valence-electron chi connectivity index (χ3n) is 5.57. The lowest BCUT2D eigenvalue weighted by Gasteiger charge is -2.11. The van der Waals surface area contributed by atoms with Gasteiger partial charge >= 0.3 is 11.8 Å². The number of hydrogen-bond acceptors (Lipinski definition) is 4. The molecular weight excluding hydrogens is 461 g/mol. The fourth-order valence-corrected chi connectivity index (χ4v) is 4.92.